The average molecular weight is 541 g/mol. The van der Waals surface area contributed by atoms with Crippen molar-refractivity contribution >= 4 is 23.7 Å². The number of aliphatic hydroxyl groups is 1. The van der Waals surface area contributed by atoms with Gasteiger partial charge in [0.25, 0.3) is 0 Å². The molecule has 2 aliphatic rings. The smallest absolute Gasteiger partial charge is 0.338 e. The molecule has 8 nitrogen and oxygen atoms in total. The molecule has 1 fully saturated rings. The standard InChI is InChI=1S/C31H40O8/c1-18-13-14-30(6,7)26(34)16-25(37-21(4)32)19(2)15-24-27(38-29(36)23-11-9-8-10-12-23)20(3)17-31(24,28(18)35)39-22(5)33/h8-15,18,20,24-25,27-28,35H,16-17H2,1-7H3/t18-,20-,24+,25-,27+,28+,31-/m1/s1. The van der Waals surface area contributed by atoms with Crippen LogP contribution in [0.1, 0.15) is 71.7 Å². The van der Waals surface area contributed by atoms with Gasteiger partial charge in [0.2, 0.25) is 0 Å². The first-order valence-electron chi connectivity index (χ1n) is 13.4. The van der Waals surface area contributed by atoms with Crippen LogP contribution < -0.4 is 0 Å². The van der Waals surface area contributed by atoms with Crippen molar-refractivity contribution in [2.24, 2.45) is 23.2 Å². The molecule has 8 heteroatoms. The van der Waals surface area contributed by atoms with Crippen LogP contribution in [0.15, 0.2) is 54.1 Å². The van der Waals surface area contributed by atoms with Gasteiger partial charge in [-0.25, -0.2) is 4.79 Å². The lowest BCUT2D eigenvalue weighted by atomic mass is 9.75. The highest BCUT2D eigenvalue weighted by atomic mass is 16.6. The van der Waals surface area contributed by atoms with E-state index in [1.54, 1.807) is 76.3 Å². The van der Waals surface area contributed by atoms with E-state index in [0.29, 0.717) is 11.1 Å². The average Bonchev–Trinajstić information content (AvgIpc) is 3.11. The van der Waals surface area contributed by atoms with Crippen molar-refractivity contribution in [3.8, 4) is 0 Å². The monoisotopic (exact) mass is 540 g/mol. The molecule has 3 rings (SSSR count). The summed E-state index contributed by atoms with van der Waals surface area (Å²) >= 11 is 0. The predicted molar refractivity (Wildman–Crippen MR) is 144 cm³/mol. The van der Waals surface area contributed by atoms with Crippen LogP contribution in [-0.4, -0.2) is 52.7 Å². The van der Waals surface area contributed by atoms with E-state index in [2.05, 4.69) is 0 Å². The molecule has 1 saturated carbocycles. The third-order valence-corrected chi connectivity index (χ3v) is 7.87. The van der Waals surface area contributed by atoms with Crippen molar-refractivity contribution in [1.82, 2.24) is 0 Å². The van der Waals surface area contributed by atoms with Crippen LogP contribution in [0.4, 0.5) is 0 Å². The lowest BCUT2D eigenvalue weighted by Crippen LogP contribution is -2.53. The Kier molecular flexibility index (Phi) is 9.21. The maximum Gasteiger partial charge on any atom is 0.338 e. The molecular formula is C31H40O8. The van der Waals surface area contributed by atoms with E-state index in [1.807, 2.05) is 6.92 Å². The van der Waals surface area contributed by atoms with Crippen molar-refractivity contribution in [2.45, 2.75) is 85.2 Å². The number of aliphatic hydroxyl groups excluding tert-OH is 1. The van der Waals surface area contributed by atoms with Crippen LogP contribution in [0.2, 0.25) is 0 Å². The molecule has 0 bridgehead atoms. The molecule has 0 spiro atoms. The van der Waals surface area contributed by atoms with Crippen molar-refractivity contribution < 1.29 is 38.5 Å². The van der Waals surface area contributed by atoms with Crippen LogP contribution in [0.5, 0.6) is 0 Å². The molecule has 1 N–H and O–H groups in total. The van der Waals surface area contributed by atoms with Gasteiger partial charge in [-0.05, 0) is 50.8 Å². The number of carbonyl (C=O) groups is 4. The van der Waals surface area contributed by atoms with Gasteiger partial charge in [-0.15, -0.1) is 0 Å². The molecule has 212 valence electrons. The second-order valence-corrected chi connectivity index (χ2v) is 11.5. The topological polar surface area (TPSA) is 116 Å². The van der Waals surface area contributed by atoms with Crippen LogP contribution in [0.3, 0.4) is 0 Å². The van der Waals surface area contributed by atoms with Crippen LogP contribution in [-0.2, 0) is 28.6 Å². The highest BCUT2D eigenvalue weighted by Gasteiger charge is 2.60. The highest BCUT2D eigenvalue weighted by Crippen LogP contribution is 2.50. The van der Waals surface area contributed by atoms with Gasteiger partial charge in [-0.2, -0.15) is 0 Å². The van der Waals surface area contributed by atoms with Crippen molar-refractivity contribution in [3.05, 3.63) is 59.7 Å². The molecule has 2 aliphatic carbocycles. The normalized spacial score (nSPS) is 32.6. The Morgan fingerprint density at radius 2 is 1.64 bits per heavy atom. The minimum absolute atomic E-state index is 0.0620. The SMILES string of the molecule is CC(=O)O[C@@H]1CC(=O)C(C)(C)C=C[C@@H](C)[C@H](O)[C@@]2(OC(C)=O)C[C@@H](C)[C@H](OC(=O)c3ccccc3)[C@@H]2C=C1C. The van der Waals surface area contributed by atoms with Gasteiger partial charge in [-0.1, -0.05) is 50.3 Å². The number of allylic oxidation sites excluding steroid dienone is 1. The number of ether oxygens (including phenoxy) is 3. The number of esters is 3. The molecular weight excluding hydrogens is 500 g/mol. The Morgan fingerprint density at radius 3 is 2.23 bits per heavy atom. The number of benzene rings is 1. The zero-order chi connectivity index (χ0) is 29.1. The number of fused-ring (bicyclic) bond motifs is 1. The second kappa shape index (κ2) is 11.9. The fourth-order valence-electron chi connectivity index (χ4n) is 5.69. The minimum Gasteiger partial charge on any atom is -0.458 e. The Balaban J connectivity index is 2.20. The molecule has 0 heterocycles. The third kappa shape index (κ3) is 6.67. The number of ketones is 1. The van der Waals surface area contributed by atoms with E-state index in [4.69, 9.17) is 14.2 Å². The lowest BCUT2D eigenvalue weighted by Gasteiger charge is -2.41. The minimum atomic E-state index is -1.44. The van der Waals surface area contributed by atoms with E-state index in [1.165, 1.54) is 13.8 Å². The first kappa shape index (κ1) is 30.3. The first-order chi connectivity index (χ1) is 18.2. The maximum atomic E-state index is 13.3. The van der Waals surface area contributed by atoms with Gasteiger partial charge >= 0.3 is 17.9 Å². The van der Waals surface area contributed by atoms with E-state index >= 15 is 0 Å². The molecule has 7 atom stereocenters. The number of rotatable bonds is 4. The maximum absolute atomic E-state index is 13.3. The Hall–Kier alpha value is -3.26. The molecule has 39 heavy (non-hydrogen) atoms. The van der Waals surface area contributed by atoms with Gasteiger partial charge in [-0.3, -0.25) is 14.4 Å². The predicted octanol–water partition coefficient (Wildman–Crippen LogP) is 4.60. The summed E-state index contributed by atoms with van der Waals surface area (Å²) in [7, 11) is 0. The van der Waals surface area contributed by atoms with E-state index in [-0.39, 0.29) is 24.5 Å². The van der Waals surface area contributed by atoms with E-state index < -0.39 is 59.1 Å². The molecule has 1 aromatic rings. The fourth-order valence-corrected chi connectivity index (χ4v) is 5.69. The molecule has 0 aromatic heterocycles. The van der Waals surface area contributed by atoms with Crippen molar-refractivity contribution in [1.29, 1.82) is 0 Å². The summed E-state index contributed by atoms with van der Waals surface area (Å²) < 4.78 is 17.6. The third-order valence-electron chi connectivity index (χ3n) is 7.87. The van der Waals surface area contributed by atoms with E-state index in [0.717, 1.165) is 0 Å². The molecule has 1 aromatic carbocycles. The van der Waals surface area contributed by atoms with Gasteiger partial charge in [0.1, 0.15) is 29.7 Å². The lowest BCUT2D eigenvalue weighted by molar-refractivity contribution is -0.181. The van der Waals surface area contributed by atoms with Crippen LogP contribution >= 0.6 is 0 Å². The fraction of sp³-hybridized carbons (Fsp3) is 0.548. The molecule has 0 radical (unpaired) electrons. The quantitative estimate of drug-likeness (QED) is 0.335. The summed E-state index contributed by atoms with van der Waals surface area (Å²) in [6.07, 6.45) is 2.55. The summed E-state index contributed by atoms with van der Waals surface area (Å²) in [5, 5.41) is 11.8. The summed E-state index contributed by atoms with van der Waals surface area (Å²) in [6, 6.07) is 8.56. The van der Waals surface area contributed by atoms with Crippen LogP contribution in [0, 0.1) is 23.2 Å². The summed E-state index contributed by atoms with van der Waals surface area (Å²) in [5.41, 5.74) is -1.43. The number of hydrogen-bond acceptors (Lipinski definition) is 8. The Bertz CT molecular complexity index is 1150. The van der Waals surface area contributed by atoms with Crippen molar-refractivity contribution in [2.75, 3.05) is 0 Å². The second-order valence-electron chi connectivity index (χ2n) is 11.5. The van der Waals surface area contributed by atoms with Gasteiger partial charge < -0.3 is 19.3 Å². The summed E-state index contributed by atoms with van der Waals surface area (Å²) in [6.45, 7) is 11.5. The Labute approximate surface area is 230 Å². The van der Waals surface area contributed by atoms with Crippen LogP contribution in [0.25, 0.3) is 0 Å². The molecule has 0 amide bonds. The zero-order valence-corrected chi connectivity index (χ0v) is 23.8. The zero-order valence-electron chi connectivity index (χ0n) is 23.8. The number of carbonyl (C=O) groups excluding carboxylic acids is 4. The number of Topliss-reactive ketones (excluding diaryl/α,β-unsaturated/α-hetero) is 1. The first-order valence-corrected chi connectivity index (χ1v) is 13.4. The van der Waals surface area contributed by atoms with Gasteiger partial charge in [0.15, 0.2) is 0 Å². The highest BCUT2D eigenvalue weighted by molar-refractivity contribution is 5.89. The molecule has 0 saturated heterocycles. The largest absolute Gasteiger partial charge is 0.458 e. The summed E-state index contributed by atoms with van der Waals surface area (Å²) in [4.78, 5) is 50.9. The molecule has 0 aliphatic heterocycles. The summed E-state index contributed by atoms with van der Waals surface area (Å²) in [5.74, 6) is -3.40. The van der Waals surface area contributed by atoms with E-state index in [9.17, 15) is 24.3 Å². The van der Waals surface area contributed by atoms with Gasteiger partial charge in [0, 0.05) is 31.6 Å². The number of hydrogen-bond donors (Lipinski definition) is 1. The van der Waals surface area contributed by atoms with Crippen molar-refractivity contribution in [3.63, 3.8) is 0 Å². The van der Waals surface area contributed by atoms with Gasteiger partial charge in [0.05, 0.1) is 11.5 Å². The Morgan fingerprint density at radius 1 is 1.00 bits per heavy atom. The molecule has 0 unspecified atom stereocenters.